The molecule has 2 heterocycles. The van der Waals surface area contributed by atoms with Crippen molar-refractivity contribution in [3.63, 3.8) is 0 Å². The van der Waals surface area contributed by atoms with Crippen LogP contribution in [0.1, 0.15) is 29.9 Å². The number of halogens is 2. The number of nitrogens with zero attached hydrogens (tertiary/aromatic N) is 1. The van der Waals surface area contributed by atoms with Crippen molar-refractivity contribution in [2.24, 2.45) is 0 Å². The van der Waals surface area contributed by atoms with Crippen LogP contribution in [-0.2, 0) is 16.0 Å². The summed E-state index contributed by atoms with van der Waals surface area (Å²) in [5, 5.41) is 2.65. The second kappa shape index (κ2) is 6.96. The van der Waals surface area contributed by atoms with E-state index in [0.29, 0.717) is 23.5 Å². The van der Waals surface area contributed by atoms with Crippen molar-refractivity contribution in [1.29, 1.82) is 0 Å². The van der Waals surface area contributed by atoms with Crippen LogP contribution in [0.15, 0.2) is 36.4 Å². The van der Waals surface area contributed by atoms with Crippen LogP contribution in [0.2, 0.25) is 0 Å². The fraction of sp³-hybridized carbons (Fsp3) is 0.263. The largest absolute Gasteiger partial charge is 0.398 e. The molecule has 2 amide bonds. The van der Waals surface area contributed by atoms with Gasteiger partial charge in [0.25, 0.3) is 0 Å². The number of nitrogens with two attached hydrogens (primary N) is 1. The Morgan fingerprint density at radius 2 is 2.08 bits per heavy atom. The molecule has 0 saturated heterocycles. The zero-order valence-electron chi connectivity index (χ0n) is 14.0. The Bertz CT molecular complexity index is 887. The number of carbonyl (C=O) groups is 2. The molecule has 1 atom stereocenters. The van der Waals surface area contributed by atoms with Crippen molar-refractivity contribution in [2.45, 2.75) is 25.2 Å². The molecule has 7 heteroatoms. The molecule has 0 spiro atoms. The molecule has 1 unspecified atom stereocenters. The van der Waals surface area contributed by atoms with Crippen molar-refractivity contribution < 1.29 is 14.0 Å². The van der Waals surface area contributed by atoms with Gasteiger partial charge in [-0.25, -0.2) is 4.39 Å². The highest BCUT2D eigenvalue weighted by Gasteiger charge is 2.35. The first kappa shape index (κ1) is 18.2. The van der Waals surface area contributed by atoms with Crippen LogP contribution in [0, 0.1) is 5.82 Å². The smallest absolute Gasteiger partial charge is 0.235 e. The number of hydrogen-bond acceptors (Lipinski definition) is 3. The van der Waals surface area contributed by atoms with Gasteiger partial charge in [-0.3, -0.25) is 9.59 Å². The highest BCUT2D eigenvalue weighted by atomic mass is 35.5. The molecule has 136 valence electrons. The summed E-state index contributed by atoms with van der Waals surface area (Å²) in [6.07, 6.45) is 1.71. The van der Waals surface area contributed by atoms with Gasteiger partial charge in [-0.15, -0.1) is 12.4 Å². The van der Waals surface area contributed by atoms with Crippen LogP contribution < -0.4 is 16.0 Å². The van der Waals surface area contributed by atoms with E-state index in [9.17, 15) is 14.0 Å². The van der Waals surface area contributed by atoms with Gasteiger partial charge in [0.15, 0.2) is 0 Å². The molecule has 5 nitrogen and oxygen atoms in total. The van der Waals surface area contributed by atoms with Crippen LogP contribution in [0.25, 0.3) is 0 Å². The van der Waals surface area contributed by atoms with E-state index in [0.717, 1.165) is 24.1 Å². The van der Waals surface area contributed by atoms with Gasteiger partial charge in [-0.05, 0) is 48.2 Å². The van der Waals surface area contributed by atoms with E-state index in [2.05, 4.69) is 5.32 Å². The van der Waals surface area contributed by atoms with Crippen molar-refractivity contribution in [3.05, 3.63) is 53.3 Å². The summed E-state index contributed by atoms with van der Waals surface area (Å²) in [6, 6.07) is 9.71. The summed E-state index contributed by atoms with van der Waals surface area (Å²) in [5.41, 5.74) is 9.55. The van der Waals surface area contributed by atoms with E-state index in [1.54, 1.807) is 11.0 Å². The quantitative estimate of drug-likeness (QED) is 0.751. The average Bonchev–Trinajstić information content (AvgIpc) is 2.60. The summed E-state index contributed by atoms with van der Waals surface area (Å²) >= 11 is 0. The van der Waals surface area contributed by atoms with Crippen molar-refractivity contribution >= 4 is 41.3 Å². The first-order valence-electron chi connectivity index (χ1n) is 8.32. The van der Waals surface area contributed by atoms with Gasteiger partial charge in [0, 0.05) is 30.0 Å². The van der Waals surface area contributed by atoms with Crippen molar-refractivity contribution in [2.75, 3.05) is 22.5 Å². The maximum Gasteiger partial charge on any atom is 0.235 e. The van der Waals surface area contributed by atoms with E-state index in [4.69, 9.17) is 5.73 Å². The van der Waals surface area contributed by atoms with E-state index >= 15 is 0 Å². The molecule has 2 aromatic carbocycles. The number of rotatable bonds is 1. The molecular formula is C19H19ClFN3O2. The van der Waals surface area contributed by atoms with Gasteiger partial charge in [0.2, 0.25) is 11.8 Å². The van der Waals surface area contributed by atoms with Gasteiger partial charge in [0.1, 0.15) is 5.82 Å². The third-order valence-corrected chi connectivity index (χ3v) is 4.91. The third kappa shape index (κ3) is 3.01. The normalized spacial score (nSPS) is 18.3. The molecule has 0 aromatic heterocycles. The topological polar surface area (TPSA) is 75.4 Å². The second-order valence-corrected chi connectivity index (χ2v) is 6.47. The fourth-order valence-electron chi connectivity index (χ4n) is 3.73. The van der Waals surface area contributed by atoms with Gasteiger partial charge in [-0.2, -0.15) is 0 Å². The maximum absolute atomic E-state index is 13.5. The predicted molar refractivity (Wildman–Crippen MR) is 101 cm³/mol. The lowest BCUT2D eigenvalue weighted by molar-refractivity contribution is -0.124. The summed E-state index contributed by atoms with van der Waals surface area (Å²) in [6.45, 7) is 0.587. The molecule has 26 heavy (non-hydrogen) atoms. The number of fused-ring (bicyclic) bond motifs is 2. The third-order valence-electron chi connectivity index (χ3n) is 4.91. The number of nitrogens with one attached hydrogen (secondary N) is 1. The van der Waals surface area contributed by atoms with E-state index in [1.165, 1.54) is 12.1 Å². The molecule has 0 bridgehead atoms. The monoisotopic (exact) mass is 375 g/mol. The van der Waals surface area contributed by atoms with Gasteiger partial charge in [-0.1, -0.05) is 12.1 Å². The Labute approximate surface area is 156 Å². The lowest BCUT2D eigenvalue weighted by atomic mass is 9.88. The second-order valence-electron chi connectivity index (χ2n) is 6.47. The number of amides is 2. The van der Waals surface area contributed by atoms with Crippen LogP contribution >= 0.6 is 12.4 Å². The summed E-state index contributed by atoms with van der Waals surface area (Å²) < 4.78 is 13.5. The number of hydrogen-bond donors (Lipinski definition) is 2. The van der Waals surface area contributed by atoms with E-state index in [1.807, 2.05) is 18.2 Å². The SMILES string of the molecule is Cl.Nc1cccc2c1CCCN2C(=O)C1CC(=O)Nc2cc(F)ccc21. The summed E-state index contributed by atoms with van der Waals surface area (Å²) in [7, 11) is 0. The maximum atomic E-state index is 13.5. The average molecular weight is 376 g/mol. The minimum atomic E-state index is -0.614. The Kier molecular flexibility index (Phi) is 4.87. The van der Waals surface area contributed by atoms with Crippen LogP contribution in [0.4, 0.5) is 21.5 Å². The van der Waals surface area contributed by atoms with Crippen molar-refractivity contribution in [1.82, 2.24) is 0 Å². The minimum absolute atomic E-state index is 0. The fourth-order valence-corrected chi connectivity index (χ4v) is 3.73. The number of anilines is 3. The van der Waals surface area contributed by atoms with Crippen molar-refractivity contribution in [3.8, 4) is 0 Å². The van der Waals surface area contributed by atoms with Gasteiger partial charge < -0.3 is 16.0 Å². The molecule has 4 rings (SSSR count). The molecule has 0 aliphatic carbocycles. The lowest BCUT2D eigenvalue weighted by Gasteiger charge is -2.34. The molecule has 0 radical (unpaired) electrons. The molecule has 2 aromatic rings. The first-order valence-corrected chi connectivity index (χ1v) is 8.32. The number of carbonyl (C=O) groups excluding carboxylic acids is 2. The van der Waals surface area contributed by atoms with E-state index < -0.39 is 11.7 Å². The zero-order chi connectivity index (χ0) is 17.6. The Hall–Kier alpha value is -2.60. The minimum Gasteiger partial charge on any atom is -0.398 e. The first-order chi connectivity index (χ1) is 12.0. The van der Waals surface area contributed by atoms with Gasteiger partial charge >= 0.3 is 0 Å². The molecule has 2 aliphatic heterocycles. The molecule has 0 saturated carbocycles. The van der Waals surface area contributed by atoms with E-state index in [-0.39, 0.29) is 30.6 Å². The number of nitrogen functional groups attached to an aromatic ring is 1. The molecule has 2 aliphatic rings. The van der Waals surface area contributed by atoms with Crippen LogP contribution in [-0.4, -0.2) is 18.4 Å². The van der Waals surface area contributed by atoms with Gasteiger partial charge in [0.05, 0.1) is 5.92 Å². The highest BCUT2D eigenvalue weighted by molar-refractivity contribution is 6.06. The molecule has 3 N–H and O–H groups in total. The molecule has 0 fully saturated rings. The molecular weight excluding hydrogens is 357 g/mol. The van der Waals surface area contributed by atoms with Crippen LogP contribution in [0.3, 0.4) is 0 Å². The summed E-state index contributed by atoms with van der Waals surface area (Å²) in [4.78, 5) is 27.0. The Morgan fingerprint density at radius 3 is 2.88 bits per heavy atom. The number of benzene rings is 2. The highest BCUT2D eigenvalue weighted by Crippen LogP contribution is 2.38. The standard InChI is InChI=1S/C19H18FN3O2.ClH/c20-11-6-7-12-14(10-18(24)22-16(12)9-11)19(25)23-8-2-3-13-15(21)4-1-5-17(13)23;/h1,4-7,9,14H,2-3,8,10,21H2,(H,22,24);1H. The predicted octanol–water partition coefficient (Wildman–Crippen LogP) is 3.23. The Morgan fingerprint density at radius 1 is 1.27 bits per heavy atom. The Balaban J connectivity index is 0.00000196. The van der Waals surface area contributed by atoms with Crippen LogP contribution in [0.5, 0.6) is 0 Å². The lowest BCUT2D eigenvalue weighted by Crippen LogP contribution is -2.41. The summed E-state index contributed by atoms with van der Waals surface area (Å²) in [5.74, 6) is -1.48. The zero-order valence-corrected chi connectivity index (χ0v) is 14.8.